The van der Waals surface area contributed by atoms with Gasteiger partial charge in [0.1, 0.15) is 10.7 Å². The van der Waals surface area contributed by atoms with Crippen LogP contribution < -0.4 is 10.3 Å². The summed E-state index contributed by atoms with van der Waals surface area (Å²) in [5.41, 5.74) is 0.220. The van der Waals surface area contributed by atoms with Crippen LogP contribution in [0.5, 0.6) is 0 Å². The molecule has 1 aliphatic rings. The van der Waals surface area contributed by atoms with Gasteiger partial charge in [0.25, 0.3) is 0 Å². The second kappa shape index (κ2) is 7.71. The van der Waals surface area contributed by atoms with Gasteiger partial charge in [-0.2, -0.15) is 0 Å². The lowest BCUT2D eigenvalue weighted by molar-refractivity contribution is 0.442. The summed E-state index contributed by atoms with van der Waals surface area (Å²) < 4.78 is 42.6. The molecule has 1 aliphatic heterocycles. The maximum Gasteiger partial charge on any atom is 0.211 e. The van der Waals surface area contributed by atoms with E-state index in [-0.39, 0.29) is 10.3 Å². The number of benzene rings is 2. The molecule has 0 N–H and O–H groups in total. The van der Waals surface area contributed by atoms with E-state index in [2.05, 4.69) is 6.92 Å². The van der Waals surface area contributed by atoms with E-state index in [1.54, 1.807) is 17.7 Å². The van der Waals surface area contributed by atoms with Gasteiger partial charge in [-0.05, 0) is 55.2 Å². The molecule has 1 saturated heterocycles. The van der Waals surface area contributed by atoms with E-state index in [1.807, 2.05) is 4.90 Å². The van der Waals surface area contributed by atoms with Gasteiger partial charge in [0.05, 0.1) is 21.5 Å². The minimum atomic E-state index is -4.08. The topological polar surface area (TPSA) is 59.4 Å². The van der Waals surface area contributed by atoms with Crippen LogP contribution in [0.4, 0.5) is 10.1 Å². The first-order chi connectivity index (χ1) is 14.2. The Morgan fingerprint density at radius 2 is 1.87 bits per heavy atom. The fraction of sp³-hybridized carbons (Fsp3) is 0.318. The summed E-state index contributed by atoms with van der Waals surface area (Å²) in [6, 6.07) is 8.40. The molecule has 0 saturated carbocycles. The molecule has 1 fully saturated rings. The molecule has 5 nitrogen and oxygen atoms in total. The summed E-state index contributed by atoms with van der Waals surface area (Å²) in [6.45, 7) is 3.64. The van der Waals surface area contributed by atoms with Gasteiger partial charge in [0, 0.05) is 31.4 Å². The molecule has 0 aliphatic carbocycles. The van der Waals surface area contributed by atoms with Crippen molar-refractivity contribution in [3.63, 3.8) is 0 Å². The zero-order valence-corrected chi connectivity index (χ0v) is 18.3. The smallest absolute Gasteiger partial charge is 0.211 e. The zero-order valence-electron chi connectivity index (χ0n) is 16.7. The predicted molar refractivity (Wildman–Crippen MR) is 117 cm³/mol. The lowest BCUT2D eigenvalue weighted by atomic mass is 9.99. The van der Waals surface area contributed by atoms with E-state index in [0.717, 1.165) is 32.0 Å². The normalized spacial score (nSPS) is 17.5. The minimum Gasteiger partial charge on any atom is -0.369 e. The first-order valence-electron chi connectivity index (χ1n) is 9.77. The van der Waals surface area contributed by atoms with Crippen molar-refractivity contribution in [3.05, 3.63) is 63.7 Å². The zero-order chi connectivity index (χ0) is 21.6. The highest BCUT2D eigenvalue weighted by molar-refractivity contribution is 7.91. The molecular formula is C22H22ClFN2O3S. The van der Waals surface area contributed by atoms with Crippen LogP contribution in [0.1, 0.15) is 19.8 Å². The van der Waals surface area contributed by atoms with Crippen molar-refractivity contribution in [3.8, 4) is 0 Å². The number of rotatable bonds is 3. The van der Waals surface area contributed by atoms with Crippen molar-refractivity contribution >= 4 is 38.0 Å². The van der Waals surface area contributed by atoms with Gasteiger partial charge in [-0.25, -0.2) is 12.8 Å². The van der Waals surface area contributed by atoms with Gasteiger partial charge >= 0.3 is 0 Å². The fourth-order valence-electron chi connectivity index (χ4n) is 4.04. The van der Waals surface area contributed by atoms with Crippen molar-refractivity contribution in [2.75, 3.05) is 18.0 Å². The molecule has 8 heteroatoms. The number of pyridine rings is 1. The van der Waals surface area contributed by atoms with E-state index >= 15 is 0 Å². The van der Waals surface area contributed by atoms with Gasteiger partial charge in [0.15, 0.2) is 0 Å². The Morgan fingerprint density at radius 3 is 2.53 bits per heavy atom. The Labute approximate surface area is 179 Å². The second-order valence-corrected chi connectivity index (χ2v) is 10.3. The summed E-state index contributed by atoms with van der Waals surface area (Å²) in [7, 11) is -2.42. The van der Waals surface area contributed by atoms with Crippen LogP contribution in [0, 0.1) is 11.7 Å². The van der Waals surface area contributed by atoms with Crippen LogP contribution in [0.25, 0.3) is 10.9 Å². The molecule has 0 amide bonds. The number of hydrogen-bond donors (Lipinski definition) is 0. The third-order valence-corrected chi connectivity index (χ3v) is 7.65. The van der Waals surface area contributed by atoms with Crippen LogP contribution in [0.2, 0.25) is 5.02 Å². The molecular weight excluding hydrogens is 427 g/mol. The van der Waals surface area contributed by atoms with Gasteiger partial charge in [-0.3, -0.25) is 4.79 Å². The Balaban J connectivity index is 1.87. The lowest BCUT2D eigenvalue weighted by Crippen LogP contribution is -2.35. The number of piperidine rings is 1. The molecule has 30 heavy (non-hydrogen) atoms. The van der Waals surface area contributed by atoms with Gasteiger partial charge in [0.2, 0.25) is 15.3 Å². The fourth-order valence-corrected chi connectivity index (χ4v) is 5.57. The monoisotopic (exact) mass is 448 g/mol. The van der Waals surface area contributed by atoms with Crippen molar-refractivity contribution in [2.45, 2.75) is 29.6 Å². The summed E-state index contributed by atoms with van der Waals surface area (Å²) >= 11 is 5.84. The first-order valence-corrected chi connectivity index (χ1v) is 11.6. The van der Waals surface area contributed by atoms with Gasteiger partial charge in [-0.15, -0.1) is 0 Å². The predicted octanol–water partition coefficient (Wildman–Crippen LogP) is 4.40. The Morgan fingerprint density at radius 1 is 1.17 bits per heavy atom. The maximum absolute atomic E-state index is 15.0. The first kappa shape index (κ1) is 20.9. The highest BCUT2D eigenvalue weighted by atomic mass is 35.5. The number of sulfone groups is 1. The molecule has 3 aromatic rings. The average Bonchev–Trinajstić information content (AvgIpc) is 2.70. The summed E-state index contributed by atoms with van der Waals surface area (Å²) in [5.74, 6) is -0.0562. The molecule has 2 aromatic carbocycles. The summed E-state index contributed by atoms with van der Waals surface area (Å²) in [5, 5.41) is 0.431. The Bertz CT molecular complexity index is 1290. The van der Waals surface area contributed by atoms with Crippen molar-refractivity contribution in [2.24, 2.45) is 13.0 Å². The number of fused-ring (bicyclic) bond motifs is 1. The standard InChI is InChI=1S/C22H22ClFN2O3S/c1-14-4-3-9-26(12-14)20-11-19-17(10-18(20)24)22(27)21(13-25(19)2)30(28,29)16-7-5-15(23)6-8-16/h5-8,10-11,13-14H,3-4,9,12H2,1-2H3. The largest absolute Gasteiger partial charge is 0.369 e. The number of nitrogens with zero attached hydrogens (tertiary/aromatic N) is 2. The molecule has 0 bridgehead atoms. The molecule has 4 rings (SSSR count). The van der Waals surface area contributed by atoms with Crippen LogP contribution >= 0.6 is 11.6 Å². The van der Waals surface area contributed by atoms with Crippen LogP contribution in [-0.4, -0.2) is 26.1 Å². The average molecular weight is 449 g/mol. The van der Waals surface area contributed by atoms with Crippen LogP contribution in [0.15, 0.2) is 57.2 Å². The van der Waals surface area contributed by atoms with E-state index in [0.29, 0.717) is 22.1 Å². The highest BCUT2D eigenvalue weighted by Gasteiger charge is 2.25. The molecule has 0 radical (unpaired) electrons. The number of anilines is 1. The van der Waals surface area contributed by atoms with Gasteiger partial charge in [-0.1, -0.05) is 18.5 Å². The Hall–Kier alpha value is -2.38. The van der Waals surface area contributed by atoms with Gasteiger partial charge < -0.3 is 9.47 Å². The highest BCUT2D eigenvalue weighted by Crippen LogP contribution is 2.30. The molecule has 1 aromatic heterocycles. The number of aromatic nitrogens is 1. The third kappa shape index (κ3) is 3.61. The molecule has 1 atom stereocenters. The molecule has 2 heterocycles. The van der Waals surface area contributed by atoms with E-state index in [1.165, 1.54) is 30.5 Å². The molecule has 158 valence electrons. The second-order valence-electron chi connectivity index (χ2n) is 7.90. The van der Waals surface area contributed by atoms with E-state index in [4.69, 9.17) is 11.6 Å². The minimum absolute atomic E-state index is 0.0391. The molecule has 1 unspecified atom stereocenters. The van der Waals surface area contributed by atoms with Crippen LogP contribution in [0.3, 0.4) is 0 Å². The maximum atomic E-state index is 15.0. The van der Waals surface area contributed by atoms with E-state index in [9.17, 15) is 17.6 Å². The third-order valence-electron chi connectivity index (χ3n) is 5.64. The summed E-state index contributed by atoms with van der Waals surface area (Å²) in [6.07, 6.45) is 3.39. The van der Waals surface area contributed by atoms with Crippen molar-refractivity contribution in [1.29, 1.82) is 0 Å². The molecule has 0 spiro atoms. The number of aryl methyl sites for hydroxylation is 1. The van der Waals surface area contributed by atoms with Crippen molar-refractivity contribution < 1.29 is 12.8 Å². The Kier molecular flexibility index (Phi) is 5.36. The quantitative estimate of drug-likeness (QED) is 0.595. The lowest BCUT2D eigenvalue weighted by Gasteiger charge is -2.33. The van der Waals surface area contributed by atoms with Crippen molar-refractivity contribution in [1.82, 2.24) is 4.57 Å². The SMILES string of the molecule is CC1CCCN(c2cc3c(cc2F)c(=O)c(S(=O)(=O)c2ccc(Cl)cc2)cn3C)C1. The summed E-state index contributed by atoms with van der Waals surface area (Å²) in [4.78, 5) is 14.6. The number of hydrogen-bond acceptors (Lipinski definition) is 4. The number of halogens is 2. The van der Waals surface area contributed by atoms with Crippen LogP contribution in [-0.2, 0) is 16.9 Å². The van der Waals surface area contributed by atoms with E-state index < -0.39 is 26.0 Å².